The molecule has 0 amide bonds. The van der Waals surface area contributed by atoms with Gasteiger partial charge in [0.25, 0.3) is 0 Å². The van der Waals surface area contributed by atoms with E-state index in [4.69, 9.17) is 0 Å². The Morgan fingerprint density at radius 3 is 3.10 bits per heavy atom. The number of halogens is 1. The van der Waals surface area contributed by atoms with E-state index in [1.54, 1.807) is 0 Å². The molecule has 0 bridgehead atoms. The van der Waals surface area contributed by atoms with Crippen molar-refractivity contribution in [3.05, 3.63) is 35.8 Å². The van der Waals surface area contributed by atoms with Gasteiger partial charge >= 0.3 is 0 Å². The molecule has 1 fully saturated rings. The maximum Gasteiger partial charge on any atom is 0.125 e. The molecule has 1 aromatic heterocycles. The average molecular weight is 290 g/mol. The van der Waals surface area contributed by atoms with E-state index in [0.29, 0.717) is 5.92 Å². The summed E-state index contributed by atoms with van der Waals surface area (Å²) in [5.74, 6) is 0.339. The molecule has 3 unspecified atom stereocenters. The van der Waals surface area contributed by atoms with E-state index in [9.17, 15) is 9.50 Å². The molecule has 3 nitrogen and oxygen atoms in total. The fraction of sp³-hybridized carbons (Fsp3) is 0.529. The van der Waals surface area contributed by atoms with Crippen molar-refractivity contribution in [3.63, 3.8) is 0 Å². The molecule has 4 heteroatoms. The number of hydrogen-bond acceptors (Lipinski definition) is 2. The highest BCUT2D eigenvalue weighted by molar-refractivity contribution is 5.83. The van der Waals surface area contributed by atoms with Gasteiger partial charge in [0, 0.05) is 23.1 Å². The fourth-order valence-corrected chi connectivity index (χ4v) is 3.38. The van der Waals surface area contributed by atoms with Crippen LogP contribution >= 0.6 is 0 Å². The van der Waals surface area contributed by atoms with Crippen LogP contribution in [-0.2, 0) is 0 Å². The van der Waals surface area contributed by atoms with Gasteiger partial charge in [-0.1, -0.05) is 6.42 Å². The van der Waals surface area contributed by atoms with Crippen LogP contribution in [0.5, 0.6) is 0 Å². The van der Waals surface area contributed by atoms with Crippen molar-refractivity contribution in [1.29, 1.82) is 0 Å². The summed E-state index contributed by atoms with van der Waals surface area (Å²) in [7, 11) is 0. The van der Waals surface area contributed by atoms with Gasteiger partial charge in [0.05, 0.1) is 6.10 Å². The number of aliphatic hydroxyl groups excluding tert-OH is 1. The van der Waals surface area contributed by atoms with E-state index in [-0.39, 0.29) is 18.0 Å². The summed E-state index contributed by atoms with van der Waals surface area (Å²) >= 11 is 0. The van der Waals surface area contributed by atoms with Gasteiger partial charge in [-0.05, 0) is 62.4 Å². The minimum Gasteiger partial charge on any atom is -0.393 e. The minimum atomic E-state index is -0.215. The summed E-state index contributed by atoms with van der Waals surface area (Å²) in [6.07, 6.45) is 5.98. The molecule has 1 aliphatic carbocycles. The number of H-pyrrole nitrogens is 1. The SMILES string of the molecule is CC(NCC1CCCC(O)C1)c1c[nH]c2cc(F)ccc12. The van der Waals surface area contributed by atoms with Crippen LogP contribution in [0.2, 0.25) is 0 Å². The number of hydrogen-bond donors (Lipinski definition) is 3. The van der Waals surface area contributed by atoms with Crippen LogP contribution in [0.25, 0.3) is 10.9 Å². The van der Waals surface area contributed by atoms with Crippen LogP contribution in [-0.4, -0.2) is 22.7 Å². The van der Waals surface area contributed by atoms with Gasteiger partial charge in [0.15, 0.2) is 0 Å². The molecule has 3 atom stereocenters. The molecule has 0 radical (unpaired) electrons. The summed E-state index contributed by atoms with van der Waals surface area (Å²) in [5.41, 5.74) is 2.01. The summed E-state index contributed by atoms with van der Waals surface area (Å²) < 4.78 is 13.2. The number of rotatable bonds is 4. The Morgan fingerprint density at radius 2 is 2.29 bits per heavy atom. The van der Waals surface area contributed by atoms with Crippen LogP contribution in [0, 0.1) is 11.7 Å². The first kappa shape index (κ1) is 14.5. The molecule has 0 spiro atoms. The van der Waals surface area contributed by atoms with E-state index >= 15 is 0 Å². The predicted molar refractivity (Wildman–Crippen MR) is 82.6 cm³/mol. The number of aromatic nitrogens is 1. The summed E-state index contributed by atoms with van der Waals surface area (Å²) in [4.78, 5) is 3.13. The molecule has 1 aliphatic rings. The molecule has 3 N–H and O–H groups in total. The standard InChI is InChI=1S/C17H23FN2O/c1-11(19-9-12-3-2-4-14(21)7-12)16-10-20-17-8-13(18)5-6-15(16)17/h5-6,8,10-12,14,19-21H,2-4,7,9H2,1H3. The minimum absolute atomic E-state index is 0.128. The Balaban J connectivity index is 1.65. The Kier molecular flexibility index (Phi) is 4.27. The van der Waals surface area contributed by atoms with Gasteiger partial charge in [-0.2, -0.15) is 0 Å². The molecule has 114 valence electrons. The molecule has 3 rings (SSSR count). The molecule has 1 heterocycles. The Labute approximate surface area is 124 Å². The van der Waals surface area contributed by atoms with Crippen molar-refractivity contribution in [3.8, 4) is 0 Å². The zero-order valence-electron chi connectivity index (χ0n) is 12.4. The van der Waals surface area contributed by atoms with E-state index < -0.39 is 0 Å². The topological polar surface area (TPSA) is 48.0 Å². The number of aromatic amines is 1. The van der Waals surface area contributed by atoms with Gasteiger partial charge in [0.2, 0.25) is 0 Å². The summed E-state index contributed by atoms with van der Waals surface area (Å²) in [6, 6.07) is 5.08. The van der Waals surface area contributed by atoms with E-state index in [2.05, 4.69) is 17.2 Å². The smallest absolute Gasteiger partial charge is 0.125 e. The van der Waals surface area contributed by atoms with Crippen LogP contribution in [0.4, 0.5) is 4.39 Å². The lowest BCUT2D eigenvalue weighted by Gasteiger charge is -2.27. The third-order valence-electron chi connectivity index (χ3n) is 4.61. The van der Waals surface area contributed by atoms with Gasteiger partial charge in [-0.15, -0.1) is 0 Å². The van der Waals surface area contributed by atoms with Gasteiger partial charge in [0.1, 0.15) is 5.82 Å². The average Bonchev–Trinajstić information content (AvgIpc) is 2.88. The highest BCUT2D eigenvalue weighted by atomic mass is 19.1. The number of aliphatic hydroxyl groups is 1. The molecular formula is C17H23FN2O. The van der Waals surface area contributed by atoms with E-state index in [0.717, 1.165) is 36.7 Å². The van der Waals surface area contributed by atoms with Crippen LogP contribution < -0.4 is 5.32 Å². The number of benzene rings is 1. The fourth-order valence-electron chi connectivity index (χ4n) is 3.38. The second kappa shape index (κ2) is 6.16. The highest BCUT2D eigenvalue weighted by Gasteiger charge is 2.21. The lowest BCUT2D eigenvalue weighted by molar-refractivity contribution is 0.0998. The third-order valence-corrected chi connectivity index (χ3v) is 4.61. The Hall–Kier alpha value is -1.39. The van der Waals surface area contributed by atoms with Crippen molar-refractivity contribution in [2.24, 2.45) is 5.92 Å². The quantitative estimate of drug-likeness (QED) is 0.807. The maximum atomic E-state index is 13.2. The Morgan fingerprint density at radius 1 is 1.43 bits per heavy atom. The van der Waals surface area contributed by atoms with Crippen molar-refractivity contribution in [2.45, 2.75) is 44.8 Å². The highest BCUT2D eigenvalue weighted by Crippen LogP contribution is 2.27. The molecule has 1 aromatic carbocycles. The van der Waals surface area contributed by atoms with Crippen molar-refractivity contribution < 1.29 is 9.50 Å². The van der Waals surface area contributed by atoms with Gasteiger partial charge in [-0.25, -0.2) is 4.39 Å². The van der Waals surface area contributed by atoms with Crippen molar-refractivity contribution >= 4 is 10.9 Å². The van der Waals surface area contributed by atoms with Crippen molar-refractivity contribution in [1.82, 2.24) is 10.3 Å². The van der Waals surface area contributed by atoms with E-state index in [1.165, 1.54) is 24.1 Å². The third kappa shape index (κ3) is 3.27. The molecule has 2 aromatic rings. The van der Waals surface area contributed by atoms with Crippen LogP contribution in [0.3, 0.4) is 0 Å². The zero-order chi connectivity index (χ0) is 14.8. The zero-order valence-corrected chi connectivity index (χ0v) is 12.4. The first-order chi connectivity index (χ1) is 10.1. The Bertz CT molecular complexity index is 610. The summed E-state index contributed by atoms with van der Waals surface area (Å²) in [6.45, 7) is 3.05. The number of fused-ring (bicyclic) bond motifs is 1. The second-order valence-corrected chi connectivity index (χ2v) is 6.25. The first-order valence-corrected chi connectivity index (χ1v) is 7.81. The van der Waals surface area contributed by atoms with Gasteiger partial charge < -0.3 is 15.4 Å². The molecule has 0 saturated heterocycles. The summed E-state index contributed by atoms with van der Waals surface area (Å²) in [5, 5.41) is 14.4. The van der Waals surface area contributed by atoms with Crippen molar-refractivity contribution in [2.75, 3.05) is 6.54 Å². The molecule has 21 heavy (non-hydrogen) atoms. The van der Waals surface area contributed by atoms with E-state index in [1.807, 2.05) is 12.3 Å². The normalized spacial score (nSPS) is 24.3. The lowest BCUT2D eigenvalue weighted by atomic mass is 9.87. The molecule has 0 aliphatic heterocycles. The largest absolute Gasteiger partial charge is 0.393 e. The van der Waals surface area contributed by atoms with Crippen LogP contribution in [0.15, 0.2) is 24.4 Å². The second-order valence-electron chi connectivity index (χ2n) is 6.25. The first-order valence-electron chi connectivity index (χ1n) is 7.81. The molecular weight excluding hydrogens is 267 g/mol. The molecule has 1 saturated carbocycles. The predicted octanol–water partition coefficient (Wildman–Crippen LogP) is 3.51. The maximum absolute atomic E-state index is 13.2. The van der Waals surface area contributed by atoms with Crippen LogP contribution in [0.1, 0.15) is 44.2 Å². The monoisotopic (exact) mass is 290 g/mol. The van der Waals surface area contributed by atoms with Gasteiger partial charge in [-0.3, -0.25) is 0 Å². The number of nitrogens with one attached hydrogen (secondary N) is 2. The lowest BCUT2D eigenvalue weighted by Crippen LogP contribution is -2.30.